The lowest BCUT2D eigenvalue weighted by Gasteiger charge is -2.22. The molecule has 0 aliphatic carbocycles. The van der Waals surface area contributed by atoms with Gasteiger partial charge in [0.1, 0.15) is 0 Å². The van der Waals surface area contributed by atoms with Crippen LogP contribution in [0.4, 0.5) is 10.2 Å². The van der Waals surface area contributed by atoms with Crippen molar-refractivity contribution in [1.29, 1.82) is 0 Å². The first-order valence-corrected chi connectivity index (χ1v) is 6.16. The van der Waals surface area contributed by atoms with Gasteiger partial charge in [-0.2, -0.15) is 0 Å². The van der Waals surface area contributed by atoms with Gasteiger partial charge in [0.05, 0.1) is 12.2 Å². The highest BCUT2D eigenvalue weighted by molar-refractivity contribution is 5.95. The number of hydrogen-bond donors (Lipinski definition) is 3. The molecule has 106 valence electrons. The predicted octanol–water partition coefficient (Wildman–Crippen LogP) is 0.741. The van der Waals surface area contributed by atoms with Gasteiger partial charge in [-0.1, -0.05) is 13.3 Å². The molecule has 0 unspecified atom stereocenters. The summed E-state index contributed by atoms with van der Waals surface area (Å²) < 4.78 is 13.9. The Morgan fingerprint density at radius 3 is 2.89 bits per heavy atom. The molecule has 0 atom stereocenters. The highest BCUT2D eigenvalue weighted by Crippen LogP contribution is 2.16. The number of pyridine rings is 1. The highest BCUT2D eigenvalue weighted by atomic mass is 19.1. The molecule has 1 amide bonds. The SMILES string of the molecule is CCCCN(CCO)C(=O)c1ccnc(NN)c1F. The molecule has 0 saturated carbocycles. The summed E-state index contributed by atoms with van der Waals surface area (Å²) in [5.74, 6) is 3.69. The van der Waals surface area contributed by atoms with E-state index in [1.54, 1.807) is 0 Å². The van der Waals surface area contributed by atoms with E-state index in [0.717, 1.165) is 12.8 Å². The van der Waals surface area contributed by atoms with E-state index in [0.29, 0.717) is 6.54 Å². The van der Waals surface area contributed by atoms with Gasteiger partial charge in [-0.3, -0.25) is 4.79 Å². The lowest BCUT2D eigenvalue weighted by molar-refractivity contribution is 0.0714. The Bertz CT molecular complexity index is 428. The van der Waals surface area contributed by atoms with Crippen LogP contribution in [-0.2, 0) is 0 Å². The highest BCUT2D eigenvalue weighted by Gasteiger charge is 2.20. The van der Waals surface area contributed by atoms with Crippen molar-refractivity contribution in [3.63, 3.8) is 0 Å². The molecule has 1 rings (SSSR count). The number of amides is 1. The third-order valence-corrected chi connectivity index (χ3v) is 2.70. The van der Waals surface area contributed by atoms with Crippen LogP contribution in [0.3, 0.4) is 0 Å². The summed E-state index contributed by atoms with van der Waals surface area (Å²) >= 11 is 0. The summed E-state index contributed by atoms with van der Waals surface area (Å²) in [6.07, 6.45) is 3.01. The van der Waals surface area contributed by atoms with Crippen molar-refractivity contribution in [2.24, 2.45) is 5.84 Å². The third-order valence-electron chi connectivity index (χ3n) is 2.70. The van der Waals surface area contributed by atoms with Gasteiger partial charge in [0.25, 0.3) is 5.91 Å². The number of aliphatic hydroxyl groups is 1. The molecule has 0 fully saturated rings. The number of hydrazine groups is 1. The van der Waals surface area contributed by atoms with Crippen LogP contribution in [0.15, 0.2) is 12.3 Å². The zero-order valence-electron chi connectivity index (χ0n) is 10.9. The Morgan fingerprint density at radius 1 is 1.58 bits per heavy atom. The Kier molecular flexibility index (Phi) is 6.17. The molecular formula is C12H19FN4O2. The maximum absolute atomic E-state index is 13.9. The Morgan fingerprint density at radius 2 is 2.32 bits per heavy atom. The van der Waals surface area contributed by atoms with Crippen LogP contribution in [0, 0.1) is 5.82 Å². The second-order valence-electron chi connectivity index (χ2n) is 4.03. The Labute approximate surface area is 111 Å². The number of aliphatic hydroxyl groups excluding tert-OH is 1. The van der Waals surface area contributed by atoms with Crippen molar-refractivity contribution >= 4 is 11.7 Å². The number of rotatable bonds is 7. The summed E-state index contributed by atoms with van der Waals surface area (Å²) in [6.45, 7) is 2.48. The van der Waals surface area contributed by atoms with E-state index in [1.807, 2.05) is 6.92 Å². The fourth-order valence-electron chi connectivity index (χ4n) is 1.66. The molecule has 0 aliphatic rings. The molecule has 0 aliphatic heterocycles. The summed E-state index contributed by atoms with van der Waals surface area (Å²) in [5, 5.41) is 8.97. The van der Waals surface area contributed by atoms with Crippen LogP contribution in [0.2, 0.25) is 0 Å². The summed E-state index contributed by atoms with van der Waals surface area (Å²) in [6, 6.07) is 1.30. The average molecular weight is 270 g/mol. The van der Waals surface area contributed by atoms with Gasteiger partial charge in [0, 0.05) is 19.3 Å². The average Bonchev–Trinajstić information content (AvgIpc) is 2.43. The molecule has 0 spiro atoms. The lowest BCUT2D eigenvalue weighted by atomic mass is 10.2. The van der Waals surface area contributed by atoms with Crippen LogP contribution in [0.25, 0.3) is 0 Å². The first-order chi connectivity index (χ1) is 9.15. The largest absolute Gasteiger partial charge is 0.395 e. The third kappa shape index (κ3) is 3.87. The minimum absolute atomic E-state index is 0.104. The van der Waals surface area contributed by atoms with Gasteiger partial charge in [0.2, 0.25) is 0 Å². The quantitative estimate of drug-likeness (QED) is 0.502. The van der Waals surface area contributed by atoms with Crippen molar-refractivity contribution in [2.45, 2.75) is 19.8 Å². The Hall–Kier alpha value is -1.73. The zero-order valence-corrected chi connectivity index (χ0v) is 10.9. The standard InChI is InChI=1S/C12H19FN4O2/c1-2-3-6-17(7-8-18)12(19)9-4-5-15-11(16-14)10(9)13/h4-5,18H,2-3,6-8,14H2,1H3,(H,15,16). The van der Waals surface area contributed by atoms with Gasteiger partial charge >= 0.3 is 0 Å². The number of nitrogens with two attached hydrogens (primary N) is 1. The minimum Gasteiger partial charge on any atom is -0.395 e. The maximum atomic E-state index is 13.9. The number of hydrogen-bond acceptors (Lipinski definition) is 5. The van der Waals surface area contributed by atoms with E-state index in [4.69, 9.17) is 10.9 Å². The summed E-state index contributed by atoms with van der Waals surface area (Å²) in [7, 11) is 0. The number of carbonyl (C=O) groups is 1. The molecule has 0 saturated heterocycles. The first-order valence-electron chi connectivity index (χ1n) is 6.16. The summed E-state index contributed by atoms with van der Waals surface area (Å²) in [4.78, 5) is 17.3. The van der Waals surface area contributed by atoms with Crippen molar-refractivity contribution in [2.75, 3.05) is 25.1 Å². The van der Waals surface area contributed by atoms with Gasteiger partial charge in [-0.15, -0.1) is 0 Å². The van der Waals surface area contributed by atoms with Gasteiger partial charge in [-0.05, 0) is 12.5 Å². The van der Waals surface area contributed by atoms with Crippen LogP contribution in [0.5, 0.6) is 0 Å². The van der Waals surface area contributed by atoms with Gasteiger partial charge in [-0.25, -0.2) is 15.2 Å². The van der Waals surface area contributed by atoms with Crippen molar-refractivity contribution < 1.29 is 14.3 Å². The zero-order chi connectivity index (χ0) is 14.3. The molecule has 1 aromatic rings. The molecular weight excluding hydrogens is 251 g/mol. The molecule has 6 nitrogen and oxygen atoms in total. The second-order valence-corrected chi connectivity index (χ2v) is 4.03. The van der Waals surface area contributed by atoms with E-state index in [9.17, 15) is 9.18 Å². The maximum Gasteiger partial charge on any atom is 0.257 e. The van der Waals surface area contributed by atoms with Crippen LogP contribution >= 0.6 is 0 Å². The molecule has 1 aromatic heterocycles. The van der Waals surface area contributed by atoms with Crippen molar-refractivity contribution in [3.8, 4) is 0 Å². The Balaban J connectivity index is 2.95. The number of anilines is 1. The molecule has 1 heterocycles. The molecule has 0 radical (unpaired) electrons. The second kappa shape index (κ2) is 7.65. The monoisotopic (exact) mass is 270 g/mol. The minimum atomic E-state index is -0.783. The van der Waals surface area contributed by atoms with E-state index in [1.165, 1.54) is 17.2 Å². The fraction of sp³-hybridized carbons (Fsp3) is 0.500. The van der Waals surface area contributed by atoms with E-state index < -0.39 is 11.7 Å². The predicted molar refractivity (Wildman–Crippen MR) is 69.9 cm³/mol. The van der Waals surface area contributed by atoms with Gasteiger partial charge < -0.3 is 15.4 Å². The number of aromatic nitrogens is 1. The van der Waals surface area contributed by atoms with E-state index in [-0.39, 0.29) is 24.5 Å². The molecule has 0 bridgehead atoms. The number of nitrogen functional groups attached to an aromatic ring is 1. The summed E-state index contributed by atoms with van der Waals surface area (Å²) in [5.41, 5.74) is 1.99. The topological polar surface area (TPSA) is 91.5 Å². The number of nitrogens with zero attached hydrogens (tertiary/aromatic N) is 2. The molecule has 0 aromatic carbocycles. The molecule has 4 N–H and O–H groups in total. The fourth-order valence-corrected chi connectivity index (χ4v) is 1.66. The van der Waals surface area contributed by atoms with E-state index in [2.05, 4.69) is 10.4 Å². The first kappa shape index (κ1) is 15.3. The number of nitrogens with one attached hydrogen (secondary N) is 1. The molecule has 19 heavy (non-hydrogen) atoms. The molecule has 7 heteroatoms. The normalized spacial score (nSPS) is 10.3. The van der Waals surface area contributed by atoms with Crippen LogP contribution in [0.1, 0.15) is 30.1 Å². The lowest BCUT2D eigenvalue weighted by Crippen LogP contribution is -2.35. The smallest absolute Gasteiger partial charge is 0.257 e. The number of carbonyl (C=O) groups excluding carboxylic acids is 1. The van der Waals surface area contributed by atoms with E-state index >= 15 is 0 Å². The number of halogens is 1. The van der Waals surface area contributed by atoms with Crippen molar-refractivity contribution in [3.05, 3.63) is 23.6 Å². The van der Waals surface area contributed by atoms with Gasteiger partial charge in [0.15, 0.2) is 11.6 Å². The van der Waals surface area contributed by atoms with Crippen LogP contribution in [-0.4, -0.2) is 40.6 Å². The van der Waals surface area contributed by atoms with Crippen molar-refractivity contribution in [1.82, 2.24) is 9.88 Å². The number of unbranched alkanes of at least 4 members (excludes halogenated alkanes) is 1. The van der Waals surface area contributed by atoms with Crippen LogP contribution < -0.4 is 11.3 Å².